The van der Waals surface area contributed by atoms with Gasteiger partial charge in [0.2, 0.25) is 0 Å². The molecule has 2 aromatic heterocycles. The van der Waals surface area contributed by atoms with Crippen molar-refractivity contribution in [2.45, 2.75) is 31.1 Å². The highest BCUT2D eigenvalue weighted by Crippen LogP contribution is 2.36. The van der Waals surface area contributed by atoms with Crippen molar-refractivity contribution in [1.82, 2.24) is 19.5 Å². The number of ether oxygens (including phenoxy) is 2. The fraction of sp³-hybridized carbons (Fsp3) is 0.389. The third-order valence-electron chi connectivity index (χ3n) is 5.02. The van der Waals surface area contributed by atoms with Crippen LogP contribution in [0.4, 0.5) is 5.82 Å². The number of nitrogens with zero attached hydrogens (tertiary/aromatic N) is 4. The fourth-order valence-electron chi connectivity index (χ4n) is 3.42. The molecule has 0 bridgehead atoms. The Morgan fingerprint density at radius 1 is 1.17 bits per heavy atom. The number of aromatic hydroxyl groups is 2. The van der Waals surface area contributed by atoms with E-state index in [2.05, 4.69) is 20.3 Å². The second-order valence-corrected chi connectivity index (χ2v) is 6.74. The van der Waals surface area contributed by atoms with Crippen LogP contribution in [-0.4, -0.2) is 77.1 Å². The van der Waals surface area contributed by atoms with Crippen LogP contribution in [0.15, 0.2) is 24.8 Å². The minimum absolute atomic E-state index is 0.0657. The zero-order valence-electron chi connectivity index (χ0n) is 15.9. The molecule has 0 amide bonds. The van der Waals surface area contributed by atoms with Crippen LogP contribution >= 0.6 is 0 Å². The van der Waals surface area contributed by atoms with E-state index in [4.69, 9.17) is 9.47 Å². The molecule has 1 aliphatic heterocycles. The summed E-state index contributed by atoms with van der Waals surface area (Å²) in [6, 6.07) is 2.85. The maximum Gasteiger partial charge on any atom is 0.167 e. The maximum absolute atomic E-state index is 10.3. The lowest BCUT2D eigenvalue weighted by Gasteiger charge is -2.16. The molecular formula is C18H21N5O7. The van der Waals surface area contributed by atoms with Gasteiger partial charge < -0.3 is 40.3 Å². The van der Waals surface area contributed by atoms with Gasteiger partial charge in [0.15, 0.2) is 34.7 Å². The Labute approximate surface area is 170 Å². The summed E-state index contributed by atoms with van der Waals surface area (Å²) in [6.45, 7) is -0.380. The first-order valence-electron chi connectivity index (χ1n) is 9.08. The number of imidazole rings is 1. The molecule has 1 unspecified atom stereocenters. The third kappa shape index (κ3) is 3.25. The topological polar surface area (TPSA) is 175 Å². The molecule has 4 atom stereocenters. The van der Waals surface area contributed by atoms with Gasteiger partial charge >= 0.3 is 0 Å². The number of benzene rings is 1. The number of aliphatic hydroxyl groups excluding tert-OH is 3. The van der Waals surface area contributed by atoms with Gasteiger partial charge in [-0.25, -0.2) is 15.0 Å². The van der Waals surface area contributed by atoms with Crippen molar-refractivity contribution in [3.63, 3.8) is 0 Å². The monoisotopic (exact) mass is 419 g/mol. The summed E-state index contributed by atoms with van der Waals surface area (Å²) in [4.78, 5) is 12.6. The predicted molar refractivity (Wildman–Crippen MR) is 102 cm³/mol. The number of rotatable bonds is 6. The molecule has 1 aromatic carbocycles. The van der Waals surface area contributed by atoms with Crippen LogP contribution in [-0.2, 0) is 11.3 Å². The molecule has 6 N–H and O–H groups in total. The van der Waals surface area contributed by atoms with Gasteiger partial charge in [0.05, 0.1) is 25.6 Å². The van der Waals surface area contributed by atoms with Crippen LogP contribution in [0.3, 0.4) is 0 Å². The number of fused-ring (bicyclic) bond motifs is 1. The lowest BCUT2D eigenvalue weighted by molar-refractivity contribution is -0.0511. The zero-order chi connectivity index (χ0) is 21.4. The molecule has 0 aliphatic carbocycles. The van der Waals surface area contributed by atoms with Crippen molar-refractivity contribution in [2.24, 2.45) is 0 Å². The molecule has 12 heteroatoms. The summed E-state index contributed by atoms with van der Waals surface area (Å²) in [6.07, 6.45) is -1.78. The smallest absolute Gasteiger partial charge is 0.167 e. The minimum Gasteiger partial charge on any atom is -0.504 e. The molecule has 1 fully saturated rings. The van der Waals surface area contributed by atoms with Gasteiger partial charge in [-0.15, -0.1) is 0 Å². The molecule has 160 valence electrons. The largest absolute Gasteiger partial charge is 0.504 e. The van der Waals surface area contributed by atoms with E-state index in [1.807, 2.05) is 0 Å². The highest BCUT2D eigenvalue weighted by molar-refractivity contribution is 5.82. The van der Waals surface area contributed by atoms with Gasteiger partial charge in [0, 0.05) is 6.54 Å². The first kappa shape index (κ1) is 20.1. The number of aromatic nitrogens is 4. The van der Waals surface area contributed by atoms with Gasteiger partial charge in [0.1, 0.15) is 30.4 Å². The minimum atomic E-state index is -1.28. The van der Waals surface area contributed by atoms with Gasteiger partial charge in [-0.3, -0.25) is 4.57 Å². The number of aliphatic hydroxyl groups is 3. The van der Waals surface area contributed by atoms with Crippen molar-refractivity contribution >= 4 is 17.0 Å². The van der Waals surface area contributed by atoms with Crippen LogP contribution in [0.2, 0.25) is 0 Å². The number of hydrogen-bond donors (Lipinski definition) is 6. The van der Waals surface area contributed by atoms with Crippen LogP contribution in [0, 0.1) is 0 Å². The van der Waals surface area contributed by atoms with Crippen molar-refractivity contribution in [3.05, 3.63) is 30.4 Å². The Balaban J connectivity index is 1.63. The molecule has 1 saturated heterocycles. The summed E-state index contributed by atoms with van der Waals surface area (Å²) < 4.78 is 12.2. The number of methoxy groups -OCH3 is 1. The second-order valence-electron chi connectivity index (χ2n) is 6.74. The van der Waals surface area contributed by atoms with Crippen LogP contribution < -0.4 is 10.1 Å². The molecule has 0 spiro atoms. The first-order chi connectivity index (χ1) is 14.5. The summed E-state index contributed by atoms with van der Waals surface area (Å²) in [5, 5.41) is 52.5. The van der Waals surface area contributed by atoms with Gasteiger partial charge in [0.25, 0.3) is 0 Å². The average Bonchev–Trinajstić information content (AvgIpc) is 3.30. The van der Waals surface area contributed by atoms with E-state index in [0.29, 0.717) is 28.3 Å². The summed E-state index contributed by atoms with van der Waals surface area (Å²) in [5.41, 5.74) is 1.01. The molecule has 3 heterocycles. The van der Waals surface area contributed by atoms with Gasteiger partial charge in [-0.1, -0.05) is 0 Å². The van der Waals surface area contributed by atoms with Crippen LogP contribution in [0.25, 0.3) is 11.2 Å². The number of phenols is 2. The number of phenolic OH excluding ortho intramolecular Hbond substituents is 2. The SMILES string of the molecule is COc1ccc(O)c(O)c1CNc1ncnc2c1ncn2C1O[C@H](CO)[C@@H](O)[C@H]1O. The average molecular weight is 419 g/mol. The zero-order valence-corrected chi connectivity index (χ0v) is 15.9. The van der Waals surface area contributed by atoms with E-state index >= 15 is 0 Å². The lowest BCUT2D eigenvalue weighted by Crippen LogP contribution is -2.33. The van der Waals surface area contributed by atoms with E-state index in [1.54, 1.807) is 0 Å². The third-order valence-corrected chi connectivity index (χ3v) is 5.02. The van der Waals surface area contributed by atoms with Crippen molar-refractivity contribution in [2.75, 3.05) is 19.0 Å². The van der Waals surface area contributed by atoms with E-state index in [1.165, 1.54) is 36.5 Å². The Bertz CT molecular complexity index is 1060. The molecule has 3 aromatic rings. The normalized spacial score (nSPS) is 23.7. The highest BCUT2D eigenvalue weighted by Gasteiger charge is 2.44. The Kier molecular flexibility index (Phi) is 5.30. The maximum atomic E-state index is 10.3. The lowest BCUT2D eigenvalue weighted by atomic mass is 10.1. The molecular weight excluding hydrogens is 398 g/mol. The van der Waals surface area contributed by atoms with Crippen LogP contribution in [0.1, 0.15) is 11.8 Å². The van der Waals surface area contributed by atoms with E-state index in [0.717, 1.165) is 0 Å². The van der Waals surface area contributed by atoms with Gasteiger partial charge in [-0.05, 0) is 12.1 Å². The number of nitrogens with one attached hydrogen (secondary N) is 1. The summed E-state index contributed by atoms with van der Waals surface area (Å²) in [5.74, 6) is 0.105. The highest BCUT2D eigenvalue weighted by atomic mass is 16.6. The number of anilines is 1. The molecule has 1 aliphatic rings. The molecule has 0 saturated carbocycles. The van der Waals surface area contributed by atoms with Crippen molar-refractivity contribution in [3.8, 4) is 17.2 Å². The van der Waals surface area contributed by atoms with E-state index in [9.17, 15) is 25.5 Å². The fourth-order valence-corrected chi connectivity index (χ4v) is 3.42. The van der Waals surface area contributed by atoms with Crippen molar-refractivity contribution < 1.29 is 35.0 Å². The first-order valence-corrected chi connectivity index (χ1v) is 9.08. The van der Waals surface area contributed by atoms with Gasteiger partial charge in [-0.2, -0.15) is 0 Å². The number of hydrogen-bond acceptors (Lipinski definition) is 11. The summed E-state index contributed by atoms with van der Waals surface area (Å²) in [7, 11) is 1.45. The van der Waals surface area contributed by atoms with Crippen LogP contribution in [0.5, 0.6) is 17.2 Å². The molecule has 4 rings (SSSR count). The standard InChI is InChI=1S/C18H21N5O7/c1-29-10-3-2-9(25)13(26)8(10)4-19-16-12-17(21-6-20-16)23(7-22-12)18-15(28)14(27)11(5-24)30-18/h2-3,6-7,11,14-15,18,24-28H,4-5H2,1H3,(H,19,20,21)/t11-,14-,15-,18?/m1/s1. The van der Waals surface area contributed by atoms with E-state index < -0.39 is 31.1 Å². The van der Waals surface area contributed by atoms with E-state index in [-0.39, 0.29) is 18.0 Å². The Morgan fingerprint density at radius 2 is 1.97 bits per heavy atom. The molecule has 30 heavy (non-hydrogen) atoms. The summed E-state index contributed by atoms with van der Waals surface area (Å²) >= 11 is 0. The Hall–Kier alpha value is -3.19. The predicted octanol–water partition coefficient (Wildman–Crippen LogP) is -0.530. The van der Waals surface area contributed by atoms with Crippen molar-refractivity contribution in [1.29, 1.82) is 0 Å². The quantitative estimate of drug-likeness (QED) is 0.283. The molecule has 0 radical (unpaired) electrons. The molecule has 12 nitrogen and oxygen atoms in total. The second kappa shape index (κ2) is 7.91. The Morgan fingerprint density at radius 3 is 2.67 bits per heavy atom.